The van der Waals surface area contributed by atoms with Gasteiger partial charge in [0.2, 0.25) is 11.8 Å². The molecule has 0 amide bonds. The lowest BCUT2D eigenvalue weighted by atomic mass is 9.76. The van der Waals surface area contributed by atoms with Crippen LogP contribution < -0.4 is 4.74 Å². The van der Waals surface area contributed by atoms with Crippen LogP contribution in [0, 0.1) is 0 Å². The Kier molecular flexibility index (Phi) is 7.69. The summed E-state index contributed by atoms with van der Waals surface area (Å²) in [7, 11) is 0. The van der Waals surface area contributed by atoms with Gasteiger partial charge in [0, 0.05) is 17.7 Å². The van der Waals surface area contributed by atoms with Gasteiger partial charge in [-0.2, -0.15) is 13.2 Å². The van der Waals surface area contributed by atoms with E-state index < -0.39 is 17.5 Å². The van der Waals surface area contributed by atoms with Crippen LogP contribution in [-0.2, 0) is 36.9 Å². The number of hydrogen-bond acceptors (Lipinski definition) is 6. The fourth-order valence-corrected chi connectivity index (χ4v) is 6.70. The fraction of sp³-hybridized carbons (Fsp3) is 0.297. The van der Waals surface area contributed by atoms with Crippen molar-refractivity contribution >= 4 is 0 Å². The van der Waals surface area contributed by atoms with Crippen LogP contribution in [0.15, 0.2) is 101 Å². The van der Waals surface area contributed by atoms with Crippen molar-refractivity contribution in [3.63, 3.8) is 0 Å². The molecule has 1 atom stereocenters. The number of benzene rings is 4. The summed E-state index contributed by atoms with van der Waals surface area (Å²) in [5.74, 6) is -0.00681. The fourth-order valence-electron chi connectivity index (χ4n) is 6.70. The largest absolute Gasteiger partial charge is 0.488 e. The molecular weight excluding hydrogens is 591 g/mol. The SMILES string of the molecule is CC1(C)OC[C@@]2(CCc3ccc(-c4nnc(-c5ccc(OCc6ccccc6)c(C(F)(F)F)c5)o4)cc3C2)N1Cc1ccccc1. The van der Waals surface area contributed by atoms with Crippen LogP contribution in [0.25, 0.3) is 22.9 Å². The van der Waals surface area contributed by atoms with E-state index in [1.54, 1.807) is 12.1 Å². The summed E-state index contributed by atoms with van der Waals surface area (Å²) >= 11 is 0. The molecule has 1 fully saturated rings. The first kappa shape index (κ1) is 30.2. The first-order chi connectivity index (χ1) is 22.1. The van der Waals surface area contributed by atoms with Crippen LogP contribution in [0.4, 0.5) is 13.2 Å². The molecule has 4 aromatic carbocycles. The number of rotatable bonds is 7. The van der Waals surface area contributed by atoms with Gasteiger partial charge < -0.3 is 13.9 Å². The molecule has 5 aromatic rings. The molecule has 2 aliphatic rings. The number of aryl methyl sites for hydroxylation is 1. The van der Waals surface area contributed by atoms with Gasteiger partial charge in [0.15, 0.2) is 0 Å². The first-order valence-corrected chi connectivity index (χ1v) is 15.4. The molecule has 1 aliphatic heterocycles. The topological polar surface area (TPSA) is 60.6 Å². The molecule has 7 rings (SSSR count). The van der Waals surface area contributed by atoms with Crippen molar-refractivity contribution in [2.75, 3.05) is 6.61 Å². The summed E-state index contributed by atoms with van der Waals surface area (Å²) < 4.78 is 60.1. The lowest BCUT2D eigenvalue weighted by molar-refractivity contribution is -0.139. The summed E-state index contributed by atoms with van der Waals surface area (Å²) in [6, 6.07) is 29.4. The Morgan fingerprint density at radius 1 is 0.804 bits per heavy atom. The van der Waals surface area contributed by atoms with E-state index in [2.05, 4.69) is 65.3 Å². The Bertz CT molecular complexity index is 1840. The Morgan fingerprint density at radius 3 is 2.15 bits per heavy atom. The van der Waals surface area contributed by atoms with Gasteiger partial charge in [0.1, 0.15) is 18.1 Å². The Morgan fingerprint density at radius 2 is 1.46 bits per heavy atom. The second-order valence-electron chi connectivity index (χ2n) is 12.6. The van der Waals surface area contributed by atoms with Crippen molar-refractivity contribution < 1.29 is 27.1 Å². The van der Waals surface area contributed by atoms with Crippen molar-refractivity contribution in [1.82, 2.24) is 15.1 Å². The summed E-state index contributed by atoms with van der Waals surface area (Å²) in [5.41, 5.74) is 3.86. The highest BCUT2D eigenvalue weighted by molar-refractivity contribution is 5.62. The molecule has 1 aliphatic carbocycles. The minimum Gasteiger partial charge on any atom is -0.488 e. The van der Waals surface area contributed by atoms with E-state index in [9.17, 15) is 13.2 Å². The Hall–Kier alpha value is -4.47. The van der Waals surface area contributed by atoms with Gasteiger partial charge in [0.25, 0.3) is 0 Å². The van der Waals surface area contributed by atoms with E-state index in [1.165, 1.54) is 28.8 Å². The van der Waals surface area contributed by atoms with Gasteiger partial charge in [-0.05, 0) is 85.7 Å². The zero-order chi connectivity index (χ0) is 31.9. The number of aromatic nitrogens is 2. The van der Waals surface area contributed by atoms with Crippen LogP contribution in [0.5, 0.6) is 5.75 Å². The van der Waals surface area contributed by atoms with Gasteiger partial charge in [-0.3, -0.25) is 4.90 Å². The molecule has 236 valence electrons. The molecule has 1 aromatic heterocycles. The van der Waals surface area contributed by atoms with Gasteiger partial charge >= 0.3 is 6.18 Å². The highest BCUT2D eigenvalue weighted by Crippen LogP contribution is 2.45. The zero-order valence-electron chi connectivity index (χ0n) is 25.7. The lowest BCUT2D eigenvalue weighted by Gasteiger charge is -2.45. The second-order valence-corrected chi connectivity index (χ2v) is 12.6. The van der Waals surface area contributed by atoms with E-state index in [1.807, 2.05) is 30.3 Å². The van der Waals surface area contributed by atoms with Crippen molar-refractivity contribution in [1.29, 1.82) is 0 Å². The third-order valence-electron chi connectivity index (χ3n) is 9.13. The maximum absolute atomic E-state index is 14.1. The van der Waals surface area contributed by atoms with Crippen LogP contribution in [0.2, 0.25) is 0 Å². The van der Waals surface area contributed by atoms with Crippen LogP contribution in [0.1, 0.15) is 48.1 Å². The van der Waals surface area contributed by atoms with E-state index >= 15 is 0 Å². The molecule has 0 saturated carbocycles. The smallest absolute Gasteiger partial charge is 0.419 e. The number of hydrogen-bond donors (Lipinski definition) is 0. The monoisotopic (exact) mass is 625 g/mol. The molecule has 0 N–H and O–H groups in total. The van der Waals surface area contributed by atoms with Crippen LogP contribution in [-0.4, -0.2) is 33.0 Å². The predicted octanol–water partition coefficient (Wildman–Crippen LogP) is 8.50. The lowest BCUT2D eigenvalue weighted by Crippen LogP contribution is -2.54. The highest BCUT2D eigenvalue weighted by Gasteiger charge is 2.52. The van der Waals surface area contributed by atoms with Crippen molar-refractivity contribution in [2.24, 2.45) is 0 Å². The number of halogens is 3. The van der Waals surface area contributed by atoms with E-state index in [-0.39, 0.29) is 35.2 Å². The summed E-state index contributed by atoms with van der Waals surface area (Å²) in [4.78, 5) is 2.49. The Labute approximate surface area is 265 Å². The van der Waals surface area contributed by atoms with E-state index in [0.29, 0.717) is 6.61 Å². The summed E-state index contributed by atoms with van der Waals surface area (Å²) in [6.07, 6.45) is -1.94. The van der Waals surface area contributed by atoms with E-state index in [4.69, 9.17) is 13.9 Å². The zero-order valence-corrected chi connectivity index (χ0v) is 25.7. The maximum Gasteiger partial charge on any atom is 0.419 e. The molecule has 6 nitrogen and oxygen atoms in total. The van der Waals surface area contributed by atoms with E-state index in [0.717, 1.165) is 43.0 Å². The molecular formula is C37H34F3N3O3. The van der Waals surface area contributed by atoms with Crippen LogP contribution in [0.3, 0.4) is 0 Å². The average molecular weight is 626 g/mol. The van der Waals surface area contributed by atoms with Gasteiger partial charge in [0.05, 0.1) is 17.7 Å². The normalized spacial score (nSPS) is 19.3. The molecule has 2 heterocycles. The number of ether oxygens (including phenoxy) is 2. The Balaban J connectivity index is 1.14. The molecule has 46 heavy (non-hydrogen) atoms. The van der Waals surface area contributed by atoms with Gasteiger partial charge in [-0.25, -0.2) is 0 Å². The quantitative estimate of drug-likeness (QED) is 0.181. The average Bonchev–Trinajstić information content (AvgIpc) is 3.64. The first-order valence-electron chi connectivity index (χ1n) is 15.4. The molecule has 1 saturated heterocycles. The summed E-state index contributed by atoms with van der Waals surface area (Å²) in [5, 5.41) is 8.34. The standard InChI is InChI=1S/C37H34F3N3O3/c1-35(2)43(22-25-9-5-3-6-10-25)36(24-45-35)18-17-27-13-14-28(19-30(27)21-36)33-41-42-34(46-33)29-15-16-32(31(20-29)37(38,39)40)44-23-26-11-7-4-8-12-26/h3-16,19-20H,17-18,21-24H2,1-2H3/t36-/m0/s1. The number of alkyl halides is 3. The van der Waals surface area contributed by atoms with Crippen molar-refractivity contribution in [3.05, 3.63) is 125 Å². The third kappa shape index (κ3) is 5.92. The molecule has 9 heteroatoms. The number of nitrogens with zero attached hydrogens (tertiary/aromatic N) is 3. The second kappa shape index (κ2) is 11.7. The summed E-state index contributed by atoms with van der Waals surface area (Å²) in [6.45, 7) is 5.69. The highest BCUT2D eigenvalue weighted by atomic mass is 19.4. The van der Waals surface area contributed by atoms with Gasteiger partial charge in [-0.1, -0.05) is 66.7 Å². The molecule has 1 spiro atoms. The third-order valence-corrected chi connectivity index (χ3v) is 9.13. The van der Waals surface area contributed by atoms with Crippen molar-refractivity contribution in [2.45, 2.75) is 63.7 Å². The molecule has 0 unspecified atom stereocenters. The van der Waals surface area contributed by atoms with Crippen LogP contribution >= 0.6 is 0 Å². The minimum absolute atomic E-state index is 0.00396. The molecule has 0 bridgehead atoms. The number of fused-ring (bicyclic) bond motifs is 1. The van der Waals surface area contributed by atoms with Gasteiger partial charge in [-0.15, -0.1) is 10.2 Å². The maximum atomic E-state index is 14.1. The predicted molar refractivity (Wildman–Crippen MR) is 168 cm³/mol. The molecule has 0 radical (unpaired) electrons. The van der Waals surface area contributed by atoms with Crippen molar-refractivity contribution in [3.8, 4) is 28.7 Å². The minimum atomic E-state index is -4.63.